The lowest BCUT2D eigenvalue weighted by atomic mass is 10.1. The number of amides is 1. The van der Waals surface area contributed by atoms with E-state index in [-0.39, 0.29) is 11.7 Å². The lowest BCUT2D eigenvalue weighted by molar-refractivity contribution is 0.0998. The van der Waals surface area contributed by atoms with Crippen molar-refractivity contribution in [2.24, 2.45) is 0 Å². The van der Waals surface area contributed by atoms with Gasteiger partial charge in [0.15, 0.2) is 11.3 Å². The number of aromatic nitrogens is 1. The molecule has 0 aliphatic carbocycles. The molecule has 5 rings (SSSR count). The number of rotatable bonds is 3. The Hall–Kier alpha value is -3.57. The Morgan fingerprint density at radius 2 is 1.83 bits per heavy atom. The van der Waals surface area contributed by atoms with Crippen molar-refractivity contribution in [3.8, 4) is 11.5 Å². The van der Waals surface area contributed by atoms with Gasteiger partial charge in [0.2, 0.25) is 5.89 Å². The fourth-order valence-electron chi connectivity index (χ4n) is 3.30. The van der Waals surface area contributed by atoms with Gasteiger partial charge in [-0.3, -0.25) is 4.79 Å². The second kappa shape index (κ2) is 6.79. The van der Waals surface area contributed by atoms with E-state index in [9.17, 15) is 4.79 Å². The zero-order valence-corrected chi connectivity index (χ0v) is 16.2. The third-order valence-electron chi connectivity index (χ3n) is 4.81. The number of para-hydroxylation sites is 1. The predicted octanol–water partition coefficient (Wildman–Crippen LogP) is 6.46. The second-order valence-corrected chi connectivity index (χ2v) is 7.15. The third kappa shape index (κ3) is 3.15. The van der Waals surface area contributed by atoms with E-state index < -0.39 is 0 Å². The molecule has 0 atom stereocenters. The van der Waals surface area contributed by atoms with E-state index in [4.69, 9.17) is 20.4 Å². The van der Waals surface area contributed by atoms with Crippen molar-refractivity contribution in [2.75, 3.05) is 5.32 Å². The van der Waals surface area contributed by atoms with Gasteiger partial charge >= 0.3 is 0 Å². The van der Waals surface area contributed by atoms with Crippen LogP contribution >= 0.6 is 11.6 Å². The molecule has 6 heteroatoms. The van der Waals surface area contributed by atoms with Crippen LogP contribution < -0.4 is 5.32 Å². The zero-order chi connectivity index (χ0) is 20.0. The molecule has 0 aliphatic rings. The van der Waals surface area contributed by atoms with E-state index in [1.54, 1.807) is 24.3 Å². The second-order valence-electron chi connectivity index (χ2n) is 6.71. The number of oxazole rings is 1. The highest BCUT2D eigenvalue weighted by Gasteiger charge is 2.17. The topological polar surface area (TPSA) is 68.3 Å². The average molecular weight is 403 g/mol. The fourth-order valence-corrected chi connectivity index (χ4v) is 3.46. The third-order valence-corrected chi connectivity index (χ3v) is 5.05. The summed E-state index contributed by atoms with van der Waals surface area (Å²) in [5.74, 6) is 0.415. The molecule has 0 saturated carbocycles. The number of hydrogen-bond donors (Lipinski definition) is 1. The molecule has 0 bridgehead atoms. The first kappa shape index (κ1) is 17.5. The number of fused-ring (bicyclic) bond motifs is 2. The standard InChI is InChI=1S/C23H15ClN2O3/c1-13-16(23-26-18-12-15(24)9-10-20(18)29-23)6-4-7-17(13)25-22(27)21-11-14-5-2-3-8-19(14)28-21/h2-12H,1H3,(H,25,27). The van der Waals surface area contributed by atoms with Crippen molar-refractivity contribution in [1.82, 2.24) is 4.98 Å². The van der Waals surface area contributed by atoms with Crippen molar-refractivity contribution in [1.29, 1.82) is 0 Å². The molecule has 5 nitrogen and oxygen atoms in total. The molecule has 0 fully saturated rings. The molecule has 3 aromatic carbocycles. The first-order valence-corrected chi connectivity index (χ1v) is 9.42. The van der Waals surface area contributed by atoms with E-state index in [2.05, 4.69) is 10.3 Å². The van der Waals surface area contributed by atoms with E-state index in [1.165, 1.54) is 0 Å². The summed E-state index contributed by atoms with van der Waals surface area (Å²) in [6.07, 6.45) is 0. The van der Waals surface area contributed by atoms with Crippen molar-refractivity contribution < 1.29 is 13.6 Å². The summed E-state index contributed by atoms with van der Waals surface area (Å²) in [7, 11) is 0. The summed E-state index contributed by atoms with van der Waals surface area (Å²) in [5.41, 5.74) is 4.31. The number of anilines is 1. The monoisotopic (exact) mass is 402 g/mol. The van der Waals surface area contributed by atoms with Crippen LogP contribution in [0.3, 0.4) is 0 Å². The maximum absolute atomic E-state index is 12.7. The summed E-state index contributed by atoms with van der Waals surface area (Å²) in [6, 6.07) is 20.1. The molecular formula is C23H15ClN2O3. The summed E-state index contributed by atoms with van der Waals surface area (Å²) in [6.45, 7) is 1.91. The largest absolute Gasteiger partial charge is 0.451 e. The Kier molecular flexibility index (Phi) is 4.11. The van der Waals surface area contributed by atoms with Gasteiger partial charge in [-0.05, 0) is 55.0 Å². The minimum absolute atomic E-state index is 0.257. The number of carbonyl (C=O) groups excluding carboxylic acids is 1. The van der Waals surface area contributed by atoms with Crippen molar-refractivity contribution in [3.05, 3.63) is 83.1 Å². The van der Waals surface area contributed by atoms with Crippen LogP contribution in [0, 0.1) is 6.92 Å². The molecule has 0 spiro atoms. The van der Waals surface area contributed by atoms with Gasteiger partial charge < -0.3 is 14.2 Å². The summed E-state index contributed by atoms with van der Waals surface area (Å²) in [5, 5.41) is 4.40. The quantitative estimate of drug-likeness (QED) is 0.376. The average Bonchev–Trinajstić information content (AvgIpc) is 3.33. The molecule has 1 amide bonds. The van der Waals surface area contributed by atoms with E-state index in [0.29, 0.717) is 33.3 Å². The van der Waals surface area contributed by atoms with Gasteiger partial charge in [0.1, 0.15) is 11.1 Å². The maximum atomic E-state index is 12.7. The highest BCUT2D eigenvalue weighted by Crippen LogP contribution is 2.31. The molecule has 29 heavy (non-hydrogen) atoms. The smallest absolute Gasteiger partial charge is 0.291 e. The van der Waals surface area contributed by atoms with Gasteiger partial charge in [-0.15, -0.1) is 0 Å². The van der Waals surface area contributed by atoms with E-state index >= 15 is 0 Å². The van der Waals surface area contributed by atoms with Gasteiger partial charge in [-0.2, -0.15) is 0 Å². The number of nitrogens with one attached hydrogen (secondary N) is 1. The van der Waals surface area contributed by atoms with Crippen LogP contribution in [-0.2, 0) is 0 Å². The van der Waals surface area contributed by atoms with Crippen LogP contribution in [0.4, 0.5) is 5.69 Å². The highest BCUT2D eigenvalue weighted by atomic mass is 35.5. The van der Waals surface area contributed by atoms with Gasteiger partial charge in [0.25, 0.3) is 5.91 Å². The Bertz CT molecular complexity index is 1350. The lowest BCUT2D eigenvalue weighted by Crippen LogP contribution is -2.12. The van der Waals surface area contributed by atoms with Crippen molar-refractivity contribution >= 4 is 45.3 Å². The first-order chi connectivity index (χ1) is 14.1. The minimum atomic E-state index is -0.314. The molecule has 1 N–H and O–H groups in total. The predicted molar refractivity (Wildman–Crippen MR) is 113 cm³/mol. The van der Waals surface area contributed by atoms with Crippen LogP contribution in [0.1, 0.15) is 16.1 Å². The maximum Gasteiger partial charge on any atom is 0.291 e. The Morgan fingerprint density at radius 3 is 2.69 bits per heavy atom. The Morgan fingerprint density at radius 1 is 0.966 bits per heavy atom. The Balaban J connectivity index is 1.48. The van der Waals surface area contributed by atoms with Gasteiger partial charge in [-0.25, -0.2) is 4.98 Å². The summed E-state index contributed by atoms with van der Waals surface area (Å²) in [4.78, 5) is 17.2. The highest BCUT2D eigenvalue weighted by molar-refractivity contribution is 6.31. The van der Waals surface area contributed by atoms with Crippen LogP contribution in [0.15, 0.2) is 75.6 Å². The number of carbonyl (C=O) groups is 1. The van der Waals surface area contributed by atoms with Gasteiger partial charge in [-0.1, -0.05) is 35.9 Å². The molecule has 0 saturated heterocycles. The van der Waals surface area contributed by atoms with Gasteiger partial charge in [0, 0.05) is 21.7 Å². The fraction of sp³-hybridized carbons (Fsp3) is 0.0435. The van der Waals surface area contributed by atoms with E-state index in [0.717, 1.165) is 16.5 Å². The molecule has 2 aromatic heterocycles. The minimum Gasteiger partial charge on any atom is -0.451 e. The molecule has 0 aliphatic heterocycles. The number of nitrogens with zero attached hydrogens (tertiary/aromatic N) is 1. The molecule has 142 valence electrons. The number of hydrogen-bond acceptors (Lipinski definition) is 4. The molecular weight excluding hydrogens is 388 g/mol. The Labute approximate surface area is 170 Å². The molecule has 2 heterocycles. The zero-order valence-electron chi connectivity index (χ0n) is 15.4. The molecule has 0 unspecified atom stereocenters. The number of halogens is 1. The van der Waals surface area contributed by atoms with Gasteiger partial charge in [0.05, 0.1) is 0 Å². The van der Waals surface area contributed by atoms with Crippen LogP contribution in [0.5, 0.6) is 0 Å². The summed E-state index contributed by atoms with van der Waals surface area (Å²) >= 11 is 6.04. The van der Waals surface area contributed by atoms with E-state index in [1.807, 2.05) is 49.4 Å². The first-order valence-electron chi connectivity index (χ1n) is 9.04. The summed E-state index contributed by atoms with van der Waals surface area (Å²) < 4.78 is 11.5. The van der Waals surface area contributed by atoms with Crippen LogP contribution in [-0.4, -0.2) is 10.9 Å². The molecule has 0 radical (unpaired) electrons. The number of furan rings is 1. The normalized spacial score (nSPS) is 11.2. The van der Waals surface area contributed by atoms with Crippen molar-refractivity contribution in [2.45, 2.75) is 6.92 Å². The molecule has 5 aromatic rings. The van der Waals surface area contributed by atoms with Crippen molar-refractivity contribution in [3.63, 3.8) is 0 Å². The lowest BCUT2D eigenvalue weighted by Gasteiger charge is -2.09. The SMILES string of the molecule is Cc1c(NC(=O)c2cc3ccccc3o2)cccc1-c1nc2cc(Cl)ccc2o1. The number of benzene rings is 3. The van der Waals surface area contributed by atoms with Crippen LogP contribution in [0.25, 0.3) is 33.5 Å². The van der Waals surface area contributed by atoms with Crippen LogP contribution in [0.2, 0.25) is 5.02 Å².